The molecule has 6 nitrogen and oxygen atoms in total. The molecule has 1 N–H and O–H groups in total. The van der Waals surface area contributed by atoms with Crippen LogP contribution in [-0.4, -0.2) is 30.3 Å². The first kappa shape index (κ1) is 18.2. The fourth-order valence-corrected chi connectivity index (χ4v) is 3.45. The monoisotopic (exact) mass is 349 g/mol. The van der Waals surface area contributed by atoms with Crippen LogP contribution in [0.3, 0.4) is 0 Å². The molecular weight excluding hydrogens is 326 g/mol. The minimum Gasteiger partial charge on any atom is -0.493 e. The van der Waals surface area contributed by atoms with Crippen molar-refractivity contribution in [3.63, 3.8) is 0 Å². The average Bonchev–Trinajstić information content (AvgIpc) is 3.03. The van der Waals surface area contributed by atoms with E-state index in [0.29, 0.717) is 22.5 Å². The van der Waals surface area contributed by atoms with E-state index >= 15 is 0 Å². The third-order valence-corrected chi connectivity index (χ3v) is 4.84. The van der Waals surface area contributed by atoms with Crippen molar-refractivity contribution in [2.45, 2.75) is 39.0 Å². The fraction of sp³-hybridized carbons (Fsp3) is 0.471. The number of carbonyl (C=O) groups excluding carboxylic acids is 1. The molecule has 130 valence electrons. The molecule has 24 heavy (non-hydrogen) atoms. The van der Waals surface area contributed by atoms with E-state index in [1.165, 1.54) is 11.3 Å². The molecule has 0 aliphatic rings. The molecule has 0 aliphatic heterocycles. The van der Waals surface area contributed by atoms with Crippen molar-refractivity contribution in [2.24, 2.45) is 0 Å². The number of nitrogens with zero attached hydrogens (tertiary/aromatic N) is 2. The topological polar surface area (TPSA) is 73.3 Å². The Morgan fingerprint density at radius 2 is 1.88 bits per heavy atom. The molecule has 1 amide bonds. The largest absolute Gasteiger partial charge is 0.493 e. The van der Waals surface area contributed by atoms with Gasteiger partial charge in [-0.15, -0.1) is 10.2 Å². The van der Waals surface area contributed by atoms with Crippen molar-refractivity contribution in [3.05, 3.63) is 28.8 Å². The summed E-state index contributed by atoms with van der Waals surface area (Å²) >= 11 is 1.44. The normalized spacial score (nSPS) is 10.7. The van der Waals surface area contributed by atoms with Gasteiger partial charge in [0.2, 0.25) is 11.0 Å². The van der Waals surface area contributed by atoms with Gasteiger partial charge in [0.25, 0.3) is 0 Å². The van der Waals surface area contributed by atoms with Gasteiger partial charge in [0, 0.05) is 5.92 Å². The van der Waals surface area contributed by atoms with Crippen LogP contribution in [-0.2, 0) is 11.2 Å². The van der Waals surface area contributed by atoms with Crippen molar-refractivity contribution >= 4 is 22.4 Å². The minimum atomic E-state index is -0.130. The highest BCUT2D eigenvalue weighted by Crippen LogP contribution is 2.29. The molecule has 1 aromatic heterocycles. The highest BCUT2D eigenvalue weighted by molar-refractivity contribution is 7.15. The number of nitrogens with one attached hydrogen (secondary N) is 1. The quantitative estimate of drug-likeness (QED) is 0.787. The molecule has 7 heteroatoms. The number of hydrogen-bond donors (Lipinski definition) is 1. The first-order chi connectivity index (χ1) is 11.6. The van der Waals surface area contributed by atoms with Gasteiger partial charge in [0.05, 0.1) is 20.6 Å². The van der Waals surface area contributed by atoms with E-state index in [-0.39, 0.29) is 12.3 Å². The van der Waals surface area contributed by atoms with Crippen molar-refractivity contribution in [1.82, 2.24) is 10.2 Å². The smallest absolute Gasteiger partial charge is 0.230 e. The summed E-state index contributed by atoms with van der Waals surface area (Å²) in [7, 11) is 3.15. The maximum Gasteiger partial charge on any atom is 0.230 e. The lowest BCUT2D eigenvalue weighted by Crippen LogP contribution is -2.14. The Bertz CT molecular complexity index is 683. The molecule has 0 bridgehead atoms. The molecular formula is C17H23N3O3S. The number of aromatic nitrogens is 2. The standard InChI is InChI=1S/C17H23N3O3S/c1-5-12(6-2)16-19-20-17(24-16)18-15(21)10-11-7-8-13(22-3)14(9-11)23-4/h7-9,12H,5-6,10H2,1-4H3,(H,18,20,21). The summed E-state index contributed by atoms with van der Waals surface area (Å²) in [5.74, 6) is 1.52. The molecule has 0 aliphatic carbocycles. The van der Waals surface area contributed by atoms with Crippen LogP contribution >= 0.6 is 11.3 Å². The van der Waals surface area contributed by atoms with Crippen LogP contribution in [0, 0.1) is 0 Å². The lowest BCUT2D eigenvalue weighted by atomic mass is 10.1. The summed E-state index contributed by atoms with van der Waals surface area (Å²) in [6.45, 7) is 4.26. The molecule has 0 atom stereocenters. The van der Waals surface area contributed by atoms with Gasteiger partial charge in [-0.25, -0.2) is 0 Å². The average molecular weight is 349 g/mol. The van der Waals surface area contributed by atoms with Gasteiger partial charge >= 0.3 is 0 Å². The van der Waals surface area contributed by atoms with Crippen molar-refractivity contribution in [1.29, 1.82) is 0 Å². The summed E-state index contributed by atoms with van der Waals surface area (Å²) in [4.78, 5) is 12.2. The van der Waals surface area contributed by atoms with Crippen LogP contribution in [0.2, 0.25) is 0 Å². The first-order valence-electron chi connectivity index (χ1n) is 7.95. The van der Waals surface area contributed by atoms with Gasteiger partial charge < -0.3 is 14.8 Å². The molecule has 2 rings (SSSR count). The zero-order valence-electron chi connectivity index (χ0n) is 14.5. The number of benzene rings is 1. The van der Waals surface area contributed by atoms with Gasteiger partial charge in [0.1, 0.15) is 5.01 Å². The number of ether oxygens (including phenoxy) is 2. The van der Waals surface area contributed by atoms with E-state index in [1.54, 1.807) is 26.4 Å². The second kappa shape index (κ2) is 8.63. The third-order valence-electron chi connectivity index (χ3n) is 3.83. The van der Waals surface area contributed by atoms with Crippen LogP contribution < -0.4 is 14.8 Å². The SMILES string of the molecule is CCC(CC)c1nnc(NC(=O)Cc2ccc(OC)c(OC)c2)s1. The molecule has 0 saturated carbocycles. The van der Waals surface area contributed by atoms with Gasteiger partial charge in [-0.05, 0) is 30.5 Å². The van der Waals surface area contributed by atoms with Crippen LogP contribution in [0.15, 0.2) is 18.2 Å². The van der Waals surface area contributed by atoms with E-state index in [4.69, 9.17) is 9.47 Å². The predicted molar refractivity (Wildman–Crippen MR) is 95.1 cm³/mol. The number of anilines is 1. The number of methoxy groups -OCH3 is 2. The minimum absolute atomic E-state index is 0.130. The van der Waals surface area contributed by atoms with Crippen molar-refractivity contribution < 1.29 is 14.3 Å². The van der Waals surface area contributed by atoms with E-state index in [0.717, 1.165) is 23.4 Å². The summed E-state index contributed by atoms with van der Waals surface area (Å²) < 4.78 is 10.5. The molecule has 0 spiro atoms. The number of hydrogen-bond acceptors (Lipinski definition) is 6. The summed E-state index contributed by atoms with van der Waals surface area (Å²) in [6, 6.07) is 5.43. The zero-order chi connectivity index (χ0) is 17.5. The molecule has 1 aromatic carbocycles. The maximum absolute atomic E-state index is 12.2. The lowest BCUT2D eigenvalue weighted by Gasteiger charge is -2.09. The van der Waals surface area contributed by atoms with Gasteiger partial charge in [0.15, 0.2) is 11.5 Å². The molecule has 0 unspecified atom stereocenters. The second-order valence-electron chi connectivity index (χ2n) is 5.37. The third kappa shape index (κ3) is 4.44. The Labute approximate surface area is 146 Å². The highest BCUT2D eigenvalue weighted by atomic mass is 32.1. The Hall–Kier alpha value is -2.15. The molecule has 0 fully saturated rings. The second-order valence-corrected chi connectivity index (χ2v) is 6.38. The Balaban J connectivity index is 2.01. The predicted octanol–water partition coefficient (Wildman–Crippen LogP) is 3.64. The van der Waals surface area contributed by atoms with Gasteiger partial charge in [-0.2, -0.15) is 0 Å². The number of carbonyl (C=O) groups is 1. The Morgan fingerprint density at radius 3 is 2.50 bits per heavy atom. The van der Waals surface area contributed by atoms with Crippen molar-refractivity contribution in [3.8, 4) is 11.5 Å². The summed E-state index contributed by atoms with van der Waals surface area (Å²) in [6.07, 6.45) is 2.27. The molecule has 0 saturated heterocycles. The number of rotatable bonds is 8. The lowest BCUT2D eigenvalue weighted by molar-refractivity contribution is -0.115. The first-order valence-corrected chi connectivity index (χ1v) is 8.77. The van der Waals surface area contributed by atoms with Crippen LogP contribution in [0.1, 0.15) is 43.2 Å². The Morgan fingerprint density at radius 1 is 1.17 bits per heavy atom. The van der Waals surface area contributed by atoms with Crippen LogP contribution in [0.4, 0.5) is 5.13 Å². The Kier molecular flexibility index (Phi) is 6.54. The zero-order valence-corrected chi connectivity index (χ0v) is 15.3. The molecule has 2 aromatic rings. The van der Waals surface area contributed by atoms with Gasteiger partial charge in [-0.3, -0.25) is 4.79 Å². The van der Waals surface area contributed by atoms with Crippen LogP contribution in [0.25, 0.3) is 0 Å². The molecule has 1 heterocycles. The van der Waals surface area contributed by atoms with E-state index in [9.17, 15) is 4.79 Å². The van der Waals surface area contributed by atoms with E-state index in [2.05, 4.69) is 29.4 Å². The number of amides is 1. The fourth-order valence-electron chi connectivity index (χ4n) is 2.43. The summed E-state index contributed by atoms with van der Waals surface area (Å²) in [5, 5.41) is 12.6. The highest BCUT2D eigenvalue weighted by Gasteiger charge is 2.15. The van der Waals surface area contributed by atoms with Gasteiger partial charge in [-0.1, -0.05) is 31.3 Å². The van der Waals surface area contributed by atoms with E-state index < -0.39 is 0 Å². The van der Waals surface area contributed by atoms with Crippen LogP contribution in [0.5, 0.6) is 11.5 Å². The van der Waals surface area contributed by atoms with Crippen molar-refractivity contribution in [2.75, 3.05) is 19.5 Å². The maximum atomic E-state index is 12.2. The van der Waals surface area contributed by atoms with E-state index in [1.807, 2.05) is 6.07 Å². The molecule has 0 radical (unpaired) electrons. The summed E-state index contributed by atoms with van der Waals surface area (Å²) in [5.41, 5.74) is 0.842.